The van der Waals surface area contributed by atoms with E-state index in [4.69, 9.17) is 0 Å². The standard InChI is InChI=1S/C54H41N/c1-53(2)48-21-12-10-19-44(48)52-49(53)22-13-23-51(52)55(37-29-31-43-42-18-9-11-20-47(42)54(3,4)50(43)32-37)36-27-24-35(25-28-36)45-33-46-38-15-6-5-14-34(38)26-30-41(46)39-16-7-8-17-40(39)45/h5-33H,1-4H3. The van der Waals surface area contributed by atoms with Gasteiger partial charge in [0.25, 0.3) is 0 Å². The van der Waals surface area contributed by atoms with Crippen LogP contribution in [0.4, 0.5) is 17.1 Å². The summed E-state index contributed by atoms with van der Waals surface area (Å²) in [6, 6.07) is 65.8. The van der Waals surface area contributed by atoms with Gasteiger partial charge >= 0.3 is 0 Å². The monoisotopic (exact) mass is 703 g/mol. The molecule has 0 aliphatic heterocycles. The number of hydrogen-bond donors (Lipinski definition) is 0. The van der Waals surface area contributed by atoms with Crippen molar-refractivity contribution in [3.8, 4) is 33.4 Å². The van der Waals surface area contributed by atoms with Crippen molar-refractivity contribution in [1.82, 2.24) is 0 Å². The van der Waals surface area contributed by atoms with Gasteiger partial charge in [-0.1, -0.05) is 167 Å². The van der Waals surface area contributed by atoms with E-state index >= 15 is 0 Å². The van der Waals surface area contributed by atoms with Crippen LogP contribution in [-0.2, 0) is 10.8 Å². The van der Waals surface area contributed by atoms with Crippen molar-refractivity contribution in [3.63, 3.8) is 0 Å². The number of fused-ring (bicyclic) bond motifs is 11. The van der Waals surface area contributed by atoms with Crippen molar-refractivity contribution in [2.24, 2.45) is 0 Å². The van der Waals surface area contributed by atoms with Crippen LogP contribution in [0.25, 0.3) is 65.7 Å². The van der Waals surface area contributed by atoms with Gasteiger partial charge in [0.05, 0.1) is 5.69 Å². The zero-order valence-electron chi connectivity index (χ0n) is 31.7. The van der Waals surface area contributed by atoms with Gasteiger partial charge in [-0.05, 0) is 119 Å². The Morgan fingerprint density at radius 1 is 0.345 bits per heavy atom. The summed E-state index contributed by atoms with van der Waals surface area (Å²) < 4.78 is 0. The number of nitrogens with zero attached hydrogens (tertiary/aromatic N) is 1. The molecule has 0 aromatic heterocycles. The molecule has 0 saturated heterocycles. The van der Waals surface area contributed by atoms with Crippen LogP contribution in [0, 0.1) is 0 Å². The lowest BCUT2D eigenvalue weighted by Crippen LogP contribution is -2.17. The van der Waals surface area contributed by atoms with Crippen molar-refractivity contribution in [3.05, 3.63) is 198 Å². The van der Waals surface area contributed by atoms with Crippen LogP contribution in [0.5, 0.6) is 0 Å². The minimum Gasteiger partial charge on any atom is -0.310 e. The van der Waals surface area contributed by atoms with Crippen molar-refractivity contribution in [2.45, 2.75) is 38.5 Å². The number of rotatable bonds is 4. The maximum Gasteiger partial charge on any atom is 0.0543 e. The Balaban J connectivity index is 1.13. The second-order valence-corrected chi connectivity index (χ2v) is 16.5. The fourth-order valence-corrected chi connectivity index (χ4v) is 10.1. The molecule has 0 spiro atoms. The molecule has 0 N–H and O–H groups in total. The topological polar surface area (TPSA) is 3.24 Å². The second-order valence-electron chi connectivity index (χ2n) is 16.5. The predicted molar refractivity (Wildman–Crippen MR) is 234 cm³/mol. The Labute approximate surface area is 323 Å². The molecule has 1 heteroatoms. The van der Waals surface area contributed by atoms with Crippen LogP contribution in [-0.4, -0.2) is 0 Å². The van der Waals surface area contributed by atoms with Gasteiger partial charge in [0.15, 0.2) is 0 Å². The Morgan fingerprint density at radius 3 is 1.73 bits per heavy atom. The lowest BCUT2D eigenvalue weighted by molar-refractivity contribution is 0.660. The van der Waals surface area contributed by atoms with Crippen molar-refractivity contribution >= 4 is 49.4 Å². The predicted octanol–water partition coefficient (Wildman–Crippen LogP) is 14.9. The molecule has 262 valence electrons. The molecule has 55 heavy (non-hydrogen) atoms. The highest BCUT2D eigenvalue weighted by atomic mass is 15.1. The largest absolute Gasteiger partial charge is 0.310 e. The van der Waals surface area contributed by atoms with E-state index in [0.717, 1.165) is 5.69 Å². The Bertz CT molecular complexity index is 3030. The van der Waals surface area contributed by atoms with Crippen LogP contribution in [0.15, 0.2) is 176 Å². The van der Waals surface area contributed by atoms with Crippen LogP contribution in [0.1, 0.15) is 49.9 Å². The van der Waals surface area contributed by atoms with E-state index < -0.39 is 0 Å². The molecule has 0 amide bonds. The molecule has 0 atom stereocenters. The molecule has 0 fully saturated rings. The van der Waals surface area contributed by atoms with Gasteiger partial charge in [-0.3, -0.25) is 0 Å². The fourth-order valence-electron chi connectivity index (χ4n) is 10.1. The normalized spacial score (nSPS) is 14.5. The molecule has 2 aliphatic rings. The zero-order chi connectivity index (χ0) is 37.1. The number of benzene rings is 9. The van der Waals surface area contributed by atoms with E-state index in [1.54, 1.807) is 0 Å². The van der Waals surface area contributed by atoms with Gasteiger partial charge in [-0.25, -0.2) is 0 Å². The van der Waals surface area contributed by atoms with Gasteiger partial charge in [0, 0.05) is 27.8 Å². The average molecular weight is 704 g/mol. The lowest BCUT2D eigenvalue weighted by Gasteiger charge is -2.30. The summed E-state index contributed by atoms with van der Waals surface area (Å²) in [4.78, 5) is 2.51. The molecule has 0 unspecified atom stereocenters. The van der Waals surface area contributed by atoms with Gasteiger partial charge in [-0.2, -0.15) is 0 Å². The molecule has 0 bridgehead atoms. The summed E-state index contributed by atoms with van der Waals surface area (Å²) in [6.07, 6.45) is 0. The third-order valence-corrected chi connectivity index (χ3v) is 12.9. The highest BCUT2D eigenvalue weighted by molar-refractivity contribution is 6.21. The molecule has 11 rings (SSSR count). The molecule has 2 aliphatic carbocycles. The lowest BCUT2D eigenvalue weighted by atomic mass is 9.82. The zero-order valence-corrected chi connectivity index (χ0v) is 31.7. The smallest absolute Gasteiger partial charge is 0.0543 e. The third-order valence-electron chi connectivity index (χ3n) is 12.9. The maximum atomic E-state index is 2.51. The Kier molecular flexibility index (Phi) is 6.72. The minimum absolute atomic E-state index is 0.0969. The summed E-state index contributed by atoms with van der Waals surface area (Å²) in [5.74, 6) is 0. The van der Waals surface area contributed by atoms with Gasteiger partial charge in [0.1, 0.15) is 0 Å². The quantitative estimate of drug-likeness (QED) is 0.165. The van der Waals surface area contributed by atoms with Crippen molar-refractivity contribution in [2.75, 3.05) is 4.90 Å². The first-order chi connectivity index (χ1) is 26.8. The van der Waals surface area contributed by atoms with E-state index in [0.29, 0.717) is 0 Å². The number of anilines is 3. The molecule has 0 heterocycles. The summed E-state index contributed by atoms with van der Waals surface area (Å²) >= 11 is 0. The van der Waals surface area contributed by atoms with E-state index in [9.17, 15) is 0 Å². The maximum absolute atomic E-state index is 2.51. The van der Waals surface area contributed by atoms with E-state index in [1.165, 1.54) is 99.3 Å². The van der Waals surface area contributed by atoms with Gasteiger partial charge < -0.3 is 4.90 Å². The van der Waals surface area contributed by atoms with E-state index in [1.807, 2.05) is 0 Å². The summed E-state index contributed by atoms with van der Waals surface area (Å²) in [6.45, 7) is 9.48. The molecule has 9 aromatic carbocycles. The molecular weight excluding hydrogens is 663 g/mol. The highest BCUT2D eigenvalue weighted by Gasteiger charge is 2.39. The first kappa shape index (κ1) is 32.0. The van der Waals surface area contributed by atoms with E-state index in [2.05, 4.69) is 209 Å². The number of hydrogen-bond acceptors (Lipinski definition) is 1. The minimum atomic E-state index is -0.105. The van der Waals surface area contributed by atoms with Gasteiger partial charge in [0.2, 0.25) is 0 Å². The summed E-state index contributed by atoms with van der Waals surface area (Å²) in [5, 5.41) is 7.70. The van der Waals surface area contributed by atoms with E-state index in [-0.39, 0.29) is 10.8 Å². The summed E-state index contributed by atoms with van der Waals surface area (Å²) in [5.41, 5.74) is 16.6. The first-order valence-electron chi connectivity index (χ1n) is 19.5. The SMILES string of the molecule is CC1(C)c2ccccc2-c2ccc(N(c3ccc(-c4cc5c6ccccc6ccc5c5ccccc45)cc3)c3cccc4c3-c3ccccc3C4(C)C)cc21. The van der Waals surface area contributed by atoms with Gasteiger partial charge in [-0.15, -0.1) is 0 Å². The Hall–Kier alpha value is -6.44. The Morgan fingerprint density at radius 2 is 0.927 bits per heavy atom. The van der Waals surface area contributed by atoms with Crippen molar-refractivity contribution in [1.29, 1.82) is 0 Å². The third kappa shape index (κ3) is 4.53. The molecule has 0 saturated carbocycles. The fraction of sp³-hybridized carbons (Fsp3) is 0.111. The van der Waals surface area contributed by atoms with Crippen LogP contribution < -0.4 is 4.90 Å². The second kappa shape index (κ2) is 11.5. The van der Waals surface area contributed by atoms with Crippen LogP contribution >= 0.6 is 0 Å². The molecule has 1 nitrogen and oxygen atoms in total. The van der Waals surface area contributed by atoms with Crippen molar-refractivity contribution < 1.29 is 0 Å². The molecular formula is C54H41N. The summed E-state index contributed by atoms with van der Waals surface area (Å²) in [7, 11) is 0. The average Bonchev–Trinajstić information content (AvgIpc) is 3.60. The molecule has 9 aromatic rings. The van der Waals surface area contributed by atoms with Crippen LogP contribution in [0.3, 0.4) is 0 Å². The van der Waals surface area contributed by atoms with Crippen LogP contribution in [0.2, 0.25) is 0 Å². The highest BCUT2D eigenvalue weighted by Crippen LogP contribution is 2.56. The first-order valence-corrected chi connectivity index (χ1v) is 19.5. The molecule has 0 radical (unpaired) electrons.